The molecule has 2 aromatic carbocycles. The van der Waals surface area contributed by atoms with E-state index in [1.807, 2.05) is 0 Å². The van der Waals surface area contributed by atoms with Crippen LogP contribution in [0.5, 0.6) is 11.5 Å². The lowest BCUT2D eigenvalue weighted by Gasteiger charge is -2.18. The van der Waals surface area contributed by atoms with Crippen LogP contribution in [-0.2, 0) is 19.4 Å². The molecule has 1 aliphatic rings. The minimum absolute atomic E-state index is 0.0270. The third kappa shape index (κ3) is 4.97. The standard InChI is InChI=1S/C20H15N3O9S2/c24-17(11-32-19(25)12-1-6-15-16(9-12)31-8-7-30-15)22-20-21-10-18(33-20)34(28,29)14-4-2-13(3-5-14)23(26)27/h1-6,9-10H,7-8,11H2,(H,21,22,24). The van der Waals surface area contributed by atoms with Crippen molar-refractivity contribution < 1.29 is 37.1 Å². The zero-order chi connectivity index (χ0) is 24.3. The highest BCUT2D eigenvalue weighted by Gasteiger charge is 2.23. The number of amides is 1. The lowest BCUT2D eigenvalue weighted by molar-refractivity contribution is -0.384. The first-order chi connectivity index (χ1) is 16.2. The van der Waals surface area contributed by atoms with Crippen LogP contribution in [0.2, 0.25) is 0 Å². The number of hydrogen-bond donors (Lipinski definition) is 1. The van der Waals surface area contributed by atoms with Gasteiger partial charge in [-0.05, 0) is 30.3 Å². The number of carbonyl (C=O) groups is 2. The van der Waals surface area contributed by atoms with Gasteiger partial charge in [-0.1, -0.05) is 11.3 Å². The molecule has 12 nitrogen and oxygen atoms in total. The molecule has 0 saturated carbocycles. The van der Waals surface area contributed by atoms with Gasteiger partial charge in [-0.2, -0.15) is 0 Å². The van der Waals surface area contributed by atoms with Crippen molar-refractivity contribution in [1.82, 2.24) is 4.98 Å². The first-order valence-corrected chi connectivity index (χ1v) is 11.9. The summed E-state index contributed by atoms with van der Waals surface area (Å²) in [6.07, 6.45) is 1.05. The number of benzene rings is 2. The number of esters is 1. The minimum Gasteiger partial charge on any atom is -0.486 e. The summed E-state index contributed by atoms with van der Waals surface area (Å²) in [5.41, 5.74) is -0.0789. The Hall–Kier alpha value is -4.04. The summed E-state index contributed by atoms with van der Waals surface area (Å²) in [6, 6.07) is 8.87. The van der Waals surface area contributed by atoms with E-state index >= 15 is 0 Å². The minimum atomic E-state index is -3.99. The van der Waals surface area contributed by atoms with Gasteiger partial charge in [0.25, 0.3) is 11.6 Å². The second-order valence-electron chi connectivity index (χ2n) is 6.72. The Morgan fingerprint density at radius 1 is 1.12 bits per heavy atom. The fourth-order valence-electron chi connectivity index (χ4n) is 2.84. The number of anilines is 1. The van der Waals surface area contributed by atoms with E-state index < -0.39 is 33.2 Å². The number of fused-ring (bicyclic) bond motifs is 1. The topological polar surface area (TPSA) is 164 Å². The van der Waals surface area contributed by atoms with Crippen molar-refractivity contribution >= 4 is 43.9 Å². The molecule has 0 fully saturated rings. The van der Waals surface area contributed by atoms with Crippen LogP contribution in [0.3, 0.4) is 0 Å². The monoisotopic (exact) mass is 505 g/mol. The second kappa shape index (κ2) is 9.44. The largest absolute Gasteiger partial charge is 0.486 e. The van der Waals surface area contributed by atoms with Gasteiger partial charge in [0.15, 0.2) is 23.2 Å². The number of nitro benzene ring substituents is 1. The molecule has 0 bridgehead atoms. The number of nitrogens with one attached hydrogen (secondary N) is 1. The molecule has 0 saturated heterocycles. The number of non-ortho nitro benzene ring substituents is 1. The van der Waals surface area contributed by atoms with E-state index in [1.54, 1.807) is 6.07 Å². The lowest BCUT2D eigenvalue weighted by Crippen LogP contribution is -2.21. The smallest absolute Gasteiger partial charge is 0.338 e. The summed E-state index contributed by atoms with van der Waals surface area (Å²) in [6.45, 7) is 0.130. The maximum Gasteiger partial charge on any atom is 0.338 e. The Morgan fingerprint density at radius 2 is 1.82 bits per heavy atom. The summed E-state index contributed by atoms with van der Waals surface area (Å²) in [7, 11) is -3.99. The van der Waals surface area contributed by atoms with Gasteiger partial charge in [0.1, 0.15) is 17.4 Å². The van der Waals surface area contributed by atoms with Gasteiger partial charge >= 0.3 is 5.97 Å². The molecular weight excluding hydrogens is 490 g/mol. The maximum absolute atomic E-state index is 12.7. The van der Waals surface area contributed by atoms with E-state index in [0.29, 0.717) is 36.0 Å². The molecule has 14 heteroatoms. The molecule has 0 unspecified atom stereocenters. The quantitative estimate of drug-likeness (QED) is 0.286. The van der Waals surface area contributed by atoms with Crippen molar-refractivity contribution in [2.75, 3.05) is 25.1 Å². The van der Waals surface area contributed by atoms with Crippen molar-refractivity contribution in [1.29, 1.82) is 0 Å². The summed E-state index contributed by atoms with van der Waals surface area (Å²) >= 11 is 0.684. The molecule has 34 heavy (non-hydrogen) atoms. The molecule has 1 aromatic heterocycles. The van der Waals surface area contributed by atoms with Crippen molar-refractivity contribution in [2.24, 2.45) is 0 Å². The first-order valence-electron chi connectivity index (χ1n) is 9.56. The highest BCUT2D eigenvalue weighted by atomic mass is 32.2. The fourth-order valence-corrected chi connectivity index (χ4v) is 5.29. The van der Waals surface area contributed by atoms with E-state index in [9.17, 15) is 28.1 Å². The second-order valence-corrected chi connectivity index (χ2v) is 9.93. The van der Waals surface area contributed by atoms with Crippen LogP contribution in [0.4, 0.5) is 10.8 Å². The fraction of sp³-hybridized carbons (Fsp3) is 0.150. The number of nitrogens with zero attached hydrogens (tertiary/aromatic N) is 2. The number of rotatable bonds is 7. The summed E-state index contributed by atoms with van der Waals surface area (Å²) < 4.78 is 41.0. The van der Waals surface area contributed by atoms with E-state index in [1.165, 1.54) is 12.1 Å². The zero-order valence-corrected chi connectivity index (χ0v) is 18.8. The summed E-state index contributed by atoms with van der Waals surface area (Å²) in [5, 5.41) is 13.1. The molecule has 4 rings (SSSR count). The van der Waals surface area contributed by atoms with Crippen molar-refractivity contribution in [3.8, 4) is 11.5 Å². The van der Waals surface area contributed by atoms with Gasteiger partial charge < -0.3 is 14.2 Å². The maximum atomic E-state index is 12.7. The molecule has 1 N–H and O–H groups in total. The molecule has 0 radical (unpaired) electrons. The first kappa shape index (κ1) is 23.1. The van der Waals surface area contributed by atoms with Crippen LogP contribution < -0.4 is 14.8 Å². The van der Waals surface area contributed by atoms with Crippen LogP contribution in [0.1, 0.15) is 10.4 Å². The Morgan fingerprint density at radius 3 is 2.53 bits per heavy atom. The third-order valence-electron chi connectivity index (χ3n) is 4.47. The van der Waals surface area contributed by atoms with Crippen molar-refractivity contribution in [3.63, 3.8) is 0 Å². The Labute approximate surface area is 196 Å². The molecular formula is C20H15N3O9S2. The Bertz CT molecular complexity index is 1370. The van der Waals surface area contributed by atoms with E-state index in [0.717, 1.165) is 30.5 Å². The van der Waals surface area contributed by atoms with Gasteiger partial charge in [0.05, 0.1) is 21.6 Å². The molecule has 0 spiro atoms. The van der Waals surface area contributed by atoms with Crippen molar-refractivity contribution in [2.45, 2.75) is 9.10 Å². The van der Waals surface area contributed by atoms with Gasteiger partial charge in [-0.3, -0.25) is 20.2 Å². The highest BCUT2D eigenvalue weighted by Crippen LogP contribution is 2.31. The number of ether oxygens (including phenoxy) is 3. The number of thiazole rings is 1. The summed E-state index contributed by atoms with van der Waals surface area (Å²) in [4.78, 5) is 38.1. The van der Waals surface area contributed by atoms with E-state index in [2.05, 4.69) is 10.3 Å². The molecule has 176 valence electrons. The van der Waals surface area contributed by atoms with E-state index in [-0.39, 0.29) is 25.5 Å². The van der Waals surface area contributed by atoms with Gasteiger partial charge in [-0.25, -0.2) is 18.2 Å². The Balaban J connectivity index is 1.36. The highest BCUT2D eigenvalue weighted by molar-refractivity contribution is 7.93. The van der Waals surface area contributed by atoms with Crippen LogP contribution in [0.15, 0.2) is 57.8 Å². The molecule has 1 amide bonds. The number of sulfone groups is 1. The number of nitro groups is 1. The van der Waals surface area contributed by atoms with E-state index in [4.69, 9.17) is 14.2 Å². The zero-order valence-electron chi connectivity index (χ0n) is 17.1. The van der Waals surface area contributed by atoms with Crippen LogP contribution in [0.25, 0.3) is 0 Å². The predicted octanol–water partition coefficient (Wildman–Crippen LogP) is 2.45. The number of aromatic nitrogens is 1. The molecule has 0 aliphatic carbocycles. The lowest BCUT2D eigenvalue weighted by atomic mass is 10.2. The third-order valence-corrected chi connectivity index (χ3v) is 7.61. The molecule has 2 heterocycles. The average Bonchev–Trinajstić information content (AvgIpc) is 3.31. The van der Waals surface area contributed by atoms with Crippen LogP contribution in [-0.4, -0.2) is 50.0 Å². The van der Waals surface area contributed by atoms with Crippen LogP contribution >= 0.6 is 11.3 Å². The number of carbonyl (C=O) groups excluding carboxylic acids is 2. The molecule has 0 atom stereocenters. The molecule has 1 aliphatic heterocycles. The average molecular weight is 505 g/mol. The van der Waals surface area contributed by atoms with Gasteiger partial charge in [-0.15, -0.1) is 0 Å². The van der Waals surface area contributed by atoms with Crippen LogP contribution in [0, 0.1) is 10.1 Å². The Kier molecular flexibility index (Phi) is 6.43. The van der Waals surface area contributed by atoms with Gasteiger partial charge in [0, 0.05) is 12.1 Å². The SMILES string of the molecule is O=C(COC(=O)c1ccc2c(c1)OCCO2)Nc1ncc(S(=O)(=O)c2ccc([N+](=O)[O-])cc2)s1. The van der Waals surface area contributed by atoms with Gasteiger partial charge in [0.2, 0.25) is 9.84 Å². The normalized spacial score (nSPS) is 12.6. The molecule has 3 aromatic rings. The number of hydrogen-bond acceptors (Lipinski definition) is 11. The predicted molar refractivity (Wildman–Crippen MR) is 117 cm³/mol. The van der Waals surface area contributed by atoms with Crippen molar-refractivity contribution in [3.05, 3.63) is 64.3 Å². The summed E-state index contributed by atoms with van der Waals surface area (Å²) in [5.74, 6) is -0.578.